The Morgan fingerprint density at radius 3 is 3.04 bits per heavy atom. The average Bonchev–Trinajstić information content (AvgIpc) is 2.87. The van der Waals surface area contributed by atoms with Gasteiger partial charge in [0.25, 0.3) is 0 Å². The van der Waals surface area contributed by atoms with Crippen molar-refractivity contribution in [1.82, 2.24) is 20.1 Å². The molecule has 0 bridgehead atoms. The van der Waals surface area contributed by atoms with Crippen molar-refractivity contribution in [2.24, 2.45) is 0 Å². The first kappa shape index (κ1) is 17.2. The molecule has 0 radical (unpaired) electrons. The molecule has 6 nitrogen and oxygen atoms in total. The molecule has 2 heterocycles. The van der Waals surface area contributed by atoms with Gasteiger partial charge < -0.3 is 14.6 Å². The van der Waals surface area contributed by atoms with Crippen LogP contribution in [0.5, 0.6) is 5.75 Å². The van der Waals surface area contributed by atoms with Crippen LogP contribution in [0.2, 0.25) is 0 Å². The number of carbonyl (C=O) groups is 1. The number of nitrogens with one attached hydrogen (secondary N) is 1. The number of amides is 1. The van der Waals surface area contributed by atoms with E-state index in [1.54, 1.807) is 13.2 Å². The Bertz CT molecular complexity index is 752. The summed E-state index contributed by atoms with van der Waals surface area (Å²) >= 11 is 0. The van der Waals surface area contributed by atoms with Crippen molar-refractivity contribution in [3.8, 4) is 5.75 Å². The Balaban J connectivity index is 1.51. The third-order valence-electron chi connectivity index (χ3n) is 4.39. The predicted octanol–water partition coefficient (Wildman–Crippen LogP) is 2.39. The summed E-state index contributed by atoms with van der Waals surface area (Å²) in [6.45, 7) is 1.53. The number of fused-ring (bicyclic) bond motifs is 1. The molecule has 0 unspecified atom stereocenters. The van der Waals surface area contributed by atoms with Crippen LogP contribution in [0.1, 0.15) is 36.5 Å². The molecule has 0 saturated carbocycles. The highest BCUT2D eigenvalue weighted by Gasteiger charge is 2.14. The highest BCUT2D eigenvalue weighted by atomic mass is 16.5. The van der Waals surface area contributed by atoms with Crippen molar-refractivity contribution in [2.45, 2.75) is 38.6 Å². The lowest BCUT2D eigenvalue weighted by molar-refractivity contribution is -0.116. The summed E-state index contributed by atoms with van der Waals surface area (Å²) in [5.41, 5.74) is 0.878. The van der Waals surface area contributed by atoms with Crippen molar-refractivity contribution >= 4 is 12.0 Å². The number of rotatable bonds is 6. The molecule has 0 atom stereocenters. The average molecular weight is 340 g/mol. The molecule has 25 heavy (non-hydrogen) atoms. The molecule has 1 aromatic carbocycles. The molecule has 1 amide bonds. The zero-order valence-electron chi connectivity index (χ0n) is 14.6. The molecule has 0 aliphatic carbocycles. The standard InChI is InChI=1S/C19H24N4O2/c1-25-16-8-5-4-7-15(16)10-11-19(24)20-13-12-18-22-21-17-9-3-2-6-14-23(17)18/h4-5,7-8,10-11H,2-3,6,9,12-14H2,1H3,(H,20,24)/b11-10+. The maximum Gasteiger partial charge on any atom is 0.244 e. The van der Waals surface area contributed by atoms with E-state index in [4.69, 9.17) is 4.74 Å². The third kappa shape index (κ3) is 4.47. The number of aromatic nitrogens is 3. The van der Waals surface area contributed by atoms with Crippen molar-refractivity contribution < 1.29 is 9.53 Å². The summed E-state index contributed by atoms with van der Waals surface area (Å²) in [6, 6.07) is 7.59. The Labute approximate surface area is 147 Å². The fourth-order valence-electron chi connectivity index (χ4n) is 3.06. The van der Waals surface area contributed by atoms with Gasteiger partial charge in [0.15, 0.2) is 0 Å². The van der Waals surface area contributed by atoms with Crippen molar-refractivity contribution in [2.75, 3.05) is 13.7 Å². The van der Waals surface area contributed by atoms with Crippen molar-refractivity contribution in [3.63, 3.8) is 0 Å². The van der Waals surface area contributed by atoms with Gasteiger partial charge in [-0.1, -0.05) is 24.6 Å². The maximum atomic E-state index is 12.0. The molecule has 3 rings (SSSR count). The summed E-state index contributed by atoms with van der Waals surface area (Å²) in [5.74, 6) is 2.67. The number of aryl methyl sites for hydroxylation is 1. The van der Waals surface area contributed by atoms with Gasteiger partial charge in [-0.2, -0.15) is 0 Å². The second-order valence-electron chi connectivity index (χ2n) is 6.11. The van der Waals surface area contributed by atoms with Gasteiger partial charge in [0, 0.05) is 37.6 Å². The van der Waals surface area contributed by atoms with Crippen molar-refractivity contribution in [3.05, 3.63) is 47.6 Å². The molecule has 1 aromatic heterocycles. The summed E-state index contributed by atoms with van der Waals surface area (Å²) in [5, 5.41) is 11.5. The normalized spacial score (nSPS) is 14.1. The summed E-state index contributed by atoms with van der Waals surface area (Å²) < 4.78 is 7.48. The van der Waals surface area contributed by atoms with E-state index in [2.05, 4.69) is 20.1 Å². The molecule has 0 fully saturated rings. The first-order valence-electron chi connectivity index (χ1n) is 8.78. The summed E-state index contributed by atoms with van der Waals surface area (Å²) in [7, 11) is 1.62. The largest absolute Gasteiger partial charge is 0.496 e. The first-order valence-corrected chi connectivity index (χ1v) is 8.78. The highest BCUT2D eigenvalue weighted by Crippen LogP contribution is 2.18. The summed E-state index contributed by atoms with van der Waals surface area (Å²) in [4.78, 5) is 12.0. The van der Waals surface area contributed by atoms with E-state index >= 15 is 0 Å². The number of nitrogens with zero attached hydrogens (tertiary/aromatic N) is 3. The lowest BCUT2D eigenvalue weighted by Gasteiger charge is -2.07. The fourth-order valence-corrected chi connectivity index (χ4v) is 3.06. The summed E-state index contributed by atoms with van der Waals surface area (Å²) in [6.07, 6.45) is 8.59. The van der Waals surface area contributed by atoms with E-state index in [1.165, 1.54) is 25.3 Å². The van der Waals surface area contributed by atoms with Crippen LogP contribution in [0, 0.1) is 0 Å². The van der Waals surface area contributed by atoms with E-state index in [0.717, 1.165) is 35.9 Å². The first-order chi connectivity index (χ1) is 12.3. The molecule has 2 aromatic rings. The Morgan fingerprint density at radius 2 is 2.16 bits per heavy atom. The lowest BCUT2D eigenvalue weighted by atomic mass is 10.2. The molecule has 0 saturated heterocycles. The van der Waals surface area contributed by atoms with Crippen LogP contribution in [0.3, 0.4) is 0 Å². The minimum Gasteiger partial charge on any atom is -0.496 e. The minimum atomic E-state index is -0.124. The number of hydrogen-bond acceptors (Lipinski definition) is 4. The predicted molar refractivity (Wildman–Crippen MR) is 96.3 cm³/mol. The van der Waals surface area contributed by atoms with Crippen LogP contribution in [-0.2, 0) is 24.2 Å². The smallest absolute Gasteiger partial charge is 0.244 e. The zero-order valence-corrected chi connectivity index (χ0v) is 14.6. The third-order valence-corrected chi connectivity index (χ3v) is 4.39. The van der Waals surface area contributed by atoms with Crippen LogP contribution in [-0.4, -0.2) is 34.3 Å². The zero-order chi connectivity index (χ0) is 17.5. The number of benzene rings is 1. The van der Waals surface area contributed by atoms with Gasteiger partial charge in [0.1, 0.15) is 17.4 Å². The number of ether oxygens (including phenoxy) is 1. The van der Waals surface area contributed by atoms with Gasteiger partial charge in [0.2, 0.25) is 5.91 Å². The molecule has 6 heteroatoms. The second kappa shape index (κ2) is 8.46. The molecular formula is C19H24N4O2. The highest BCUT2D eigenvalue weighted by molar-refractivity contribution is 5.92. The van der Waals surface area contributed by atoms with Crippen LogP contribution < -0.4 is 10.1 Å². The fraction of sp³-hybridized carbons (Fsp3) is 0.421. The topological polar surface area (TPSA) is 69.0 Å². The van der Waals surface area contributed by atoms with Crippen LogP contribution in [0.25, 0.3) is 6.08 Å². The van der Waals surface area contributed by atoms with Crippen LogP contribution in [0.4, 0.5) is 0 Å². The Hall–Kier alpha value is -2.63. The second-order valence-corrected chi connectivity index (χ2v) is 6.11. The molecule has 1 aliphatic heterocycles. The number of para-hydroxylation sites is 1. The van der Waals surface area contributed by atoms with Gasteiger partial charge in [-0.25, -0.2) is 0 Å². The minimum absolute atomic E-state index is 0.124. The van der Waals surface area contributed by atoms with Gasteiger partial charge in [-0.15, -0.1) is 10.2 Å². The Morgan fingerprint density at radius 1 is 1.28 bits per heavy atom. The van der Waals surface area contributed by atoms with E-state index < -0.39 is 0 Å². The Kier molecular flexibility index (Phi) is 5.82. The monoisotopic (exact) mass is 340 g/mol. The van der Waals surface area contributed by atoms with E-state index in [1.807, 2.05) is 24.3 Å². The van der Waals surface area contributed by atoms with E-state index in [9.17, 15) is 4.79 Å². The maximum absolute atomic E-state index is 12.0. The van der Waals surface area contributed by atoms with Crippen LogP contribution in [0.15, 0.2) is 30.3 Å². The quantitative estimate of drug-likeness (QED) is 0.820. The number of methoxy groups -OCH3 is 1. The number of hydrogen-bond donors (Lipinski definition) is 1. The molecule has 1 N–H and O–H groups in total. The molecule has 1 aliphatic rings. The number of carbonyl (C=O) groups excluding carboxylic acids is 1. The van der Waals surface area contributed by atoms with Gasteiger partial charge in [-0.3, -0.25) is 4.79 Å². The molecule has 132 valence electrons. The lowest BCUT2D eigenvalue weighted by Crippen LogP contribution is -2.24. The van der Waals surface area contributed by atoms with Crippen molar-refractivity contribution in [1.29, 1.82) is 0 Å². The molecule has 0 spiro atoms. The van der Waals surface area contributed by atoms with Gasteiger partial charge in [-0.05, 0) is 25.0 Å². The van der Waals surface area contributed by atoms with E-state index in [0.29, 0.717) is 13.0 Å². The molecular weight excluding hydrogens is 316 g/mol. The van der Waals surface area contributed by atoms with Gasteiger partial charge >= 0.3 is 0 Å². The van der Waals surface area contributed by atoms with E-state index in [-0.39, 0.29) is 5.91 Å². The van der Waals surface area contributed by atoms with Gasteiger partial charge in [0.05, 0.1) is 7.11 Å². The van der Waals surface area contributed by atoms with Crippen LogP contribution >= 0.6 is 0 Å². The SMILES string of the molecule is COc1ccccc1/C=C/C(=O)NCCc1nnc2n1CCCCC2.